The van der Waals surface area contributed by atoms with Crippen LogP contribution in [0.15, 0.2) is 35.6 Å². The van der Waals surface area contributed by atoms with Gasteiger partial charge in [-0.2, -0.15) is 26.3 Å². The second kappa shape index (κ2) is 7.78. The fourth-order valence-corrected chi connectivity index (χ4v) is 3.72. The Labute approximate surface area is 181 Å². The van der Waals surface area contributed by atoms with Crippen molar-refractivity contribution in [2.24, 2.45) is 16.6 Å². The molecule has 0 aliphatic carbocycles. The minimum atomic E-state index is -4.58. The quantitative estimate of drug-likeness (QED) is 0.657. The first kappa shape index (κ1) is 22.6. The van der Waals surface area contributed by atoms with Crippen LogP contribution in [0.1, 0.15) is 22.5 Å². The number of fused-ring (bicyclic) bond motifs is 2. The summed E-state index contributed by atoms with van der Waals surface area (Å²) in [6.45, 7) is -1.92. The minimum absolute atomic E-state index is 0.129. The topological polar surface area (TPSA) is 112 Å². The molecule has 0 radical (unpaired) electrons. The molecule has 1 aromatic carbocycles. The van der Waals surface area contributed by atoms with Crippen LogP contribution < -0.4 is 20.5 Å². The van der Waals surface area contributed by atoms with E-state index in [0.717, 1.165) is 12.4 Å². The van der Waals surface area contributed by atoms with Crippen molar-refractivity contribution in [3.63, 3.8) is 0 Å². The van der Waals surface area contributed by atoms with E-state index in [1.807, 2.05) is 0 Å². The van der Waals surface area contributed by atoms with E-state index in [9.17, 15) is 31.1 Å². The van der Waals surface area contributed by atoms with Gasteiger partial charge in [0.2, 0.25) is 5.88 Å². The number of anilines is 1. The molecule has 176 valence electrons. The molecule has 0 unspecified atom stereocenters. The molecule has 1 spiro atoms. The van der Waals surface area contributed by atoms with Crippen LogP contribution in [0, 0.1) is 5.92 Å². The van der Waals surface area contributed by atoms with Gasteiger partial charge < -0.3 is 20.5 Å². The van der Waals surface area contributed by atoms with Crippen molar-refractivity contribution in [1.82, 2.24) is 9.97 Å². The van der Waals surface area contributed by atoms with E-state index in [2.05, 4.69) is 25.0 Å². The third-order valence-electron chi connectivity index (χ3n) is 5.12. The maximum Gasteiger partial charge on any atom is 0.422 e. The molecule has 0 fully saturated rings. The second-order valence-corrected chi connectivity index (χ2v) is 7.42. The summed E-state index contributed by atoms with van der Waals surface area (Å²) in [7, 11) is 0. The number of carbonyl (C=O) groups excluding carboxylic acids is 1. The number of hydrogen-bond acceptors (Lipinski definition) is 7. The van der Waals surface area contributed by atoms with E-state index in [1.54, 1.807) is 0 Å². The fraction of sp³-hybridized carbons (Fsp3) is 0.368. The Morgan fingerprint density at radius 3 is 2.61 bits per heavy atom. The molecule has 2 aliphatic rings. The summed E-state index contributed by atoms with van der Waals surface area (Å²) in [5.41, 5.74) is 3.87. The van der Waals surface area contributed by atoms with Crippen molar-refractivity contribution < 1.29 is 40.6 Å². The largest absolute Gasteiger partial charge is 0.490 e. The molecular weight excluding hydrogens is 460 g/mol. The van der Waals surface area contributed by atoms with Crippen molar-refractivity contribution in [3.8, 4) is 11.6 Å². The highest BCUT2D eigenvalue weighted by molar-refractivity contribution is 6.02. The maximum absolute atomic E-state index is 13.7. The SMILES string of the molecule is NC1=N[C@@]2(COc3ccc(NC(=O)c4cnc(OCC(F)(F)F)cn4)cc32)[C@H](C(F)(F)F)C1. The number of amides is 1. The zero-order valence-corrected chi connectivity index (χ0v) is 16.5. The maximum atomic E-state index is 13.7. The number of aliphatic imine (C=N–C) groups is 1. The van der Waals surface area contributed by atoms with E-state index in [1.165, 1.54) is 18.2 Å². The Morgan fingerprint density at radius 2 is 1.97 bits per heavy atom. The van der Waals surface area contributed by atoms with E-state index in [0.29, 0.717) is 0 Å². The van der Waals surface area contributed by atoms with Gasteiger partial charge in [0.05, 0.1) is 24.1 Å². The van der Waals surface area contributed by atoms with Gasteiger partial charge in [-0.25, -0.2) is 9.97 Å². The minimum Gasteiger partial charge on any atom is -0.490 e. The Morgan fingerprint density at radius 1 is 1.21 bits per heavy atom. The van der Waals surface area contributed by atoms with Crippen LogP contribution in [0.3, 0.4) is 0 Å². The highest BCUT2D eigenvalue weighted by atomic mass is 19.4. The van der Waals surface area contributed by atoms with Gasteiger partial charge >= 0.3 is 12.4 Å². The molecule has 2 aromatic rings. The number of halogens is 6. The number of hydrogen-bond donors (Lipinski definition) is 2. The number of benzene rings is 1. The first-order valence-corrected chi connectivity index (χ1v) is 9.38. The molecule has 3 N–H and O–H groups in total. The van der Waals surface area contributed by atoms with E-state index >= 15 is 0 Å². The molecule has 14 heteroatoms. The number of alkyl halides is 6. The van der Waals surface area contributed by atoms with E-state index in [4.69, 9.17) is 10.5 Å². The average Bonchev–Trinajstić information content (AvgIpc) is 3.26. The number of carbonyl (C=O) groups is 1. The first-order chi connectivity index (χ1) is 15.4. The molecule has 33 heavy (non-hydrogen) atoms. The molecule has 2 atom stereocenters. The van der Waals surface area contributed by atoms with Crippen LogP contribution in [0.2, 0.25) is 0 Å². The molecule has 1 amide bonds. The van der Waals surface area contributed by atoms with Gasteiger partial charge in [-0.05, 0) is 18.2 Å². The Bertz CT molecular complexity index is 1100. The average molecular weight is 475 g/mol. The number of rotatable bonds is 4. The summed E-state index contributed by atoms with van der Waals surface area (Å²) >= 11 is 0. The lowest BCUT2D eigenvalue weighted by Gasteiger charge is -2.29. The summed E-state index contributed by atoms with van der Waals surface area (Å²) in [6, 6.07) is 4.13. The number of nitrogens with zero attached hydrogens (tertiary/aromatic N) is 3. The van der Waals surface area contributed by atoms with Gasteiger partial charge in [0.15, 0.2) is 6.61 Å². The number of aromatic nitrogens is 2. The third kappa shape index (κ3) is 4.50. The Balaban J connectivity index is 1.53. The molecule has 2 aliphatic heterocycles. The van der Waals surface area contributed by atoms with Crippen LogP contribution in [-0.2, 0) is 5.54 Å². The highest BCUT2D eigenvalue weighted by Crippen LogP contribution is 2.54. The Kier molecular flexibility index (Phi) is 5.33. The summed E-state index contributed by atoms with van der Waals surface area (Å²) in [5, 5.41) is 2.46. The lowest BCUT2D eigenvalue weighted by Crippen LogP contribution is -2.41. The number of amidine groups is 1. The van der Waals surface area contributed by atoms with E-state index < -0.39 is 48.6 Å². The fourth-order valence-electron chi connectivity index (χ4n) is 3.72. The van der Waals surface area contributed by atoms with Crippen molar-refractivity contribution in [2.75, 3.05) is 18.5 Å². The molecule has 4 rings (SSSR count). The predicted molar refractivity (Wildman–Crippen MR) is 101 cm³/mol. The molecular formula is C19H15F6N5O3. The van der Waals surface area contributed by atoms with Crippen LogP contribution in [-0.4, -0.2) is 47.3 Å². The summed E-state index contributed by atoms with van der Waals surface area (Å²) in [4.78, 5) is 23.8. The molecule has 0 bridgehead atoms. The summed E-state index contributed by atoms with van der Waals surface area (Å²) < 4.78 is 87.4. The van der Waals surface area contributed by atoms with Gasteiger partial charge in [-0.3, -0.25) is 9.79 Å². The first-order valence-electron chi connectivity index (χ1n) is 9.38. The second-order valence-electron chi connectivity index (χ2n) is 7.42. The van der Waals surface area contributed by atoms with Crippen LogP contribution in [0.25, 0.3) is 0 Å². The molecule has 8 nitrogen and oxygen atoms in total. The van der Waals surface area contributed by atoms with Gasteiger partial charge in [0.1, 0.15) is 23.6 Å². The summed E-state index contributed by atoms with van der Waals surface area (Å²) in [6.07, 6.45) is -7.87. The van der Waals surface area contributed by atoms with Gasteiger partial charge in [0, 0.05) is 17.7 Å². The van der Waals surface area contributed by atoms with Crippen molar-refractivity contribution >= 4 is 17.4 Å². The number of nitrogens with one attached hydrogen (secondary N) is 1. The van der Waals surface area contributed by atoms with Crippen LogP contribution in [0.5, 0.6) is 11.6 Å². The van der Waals surface area contributed by atoms with Crippen molar-refractivity contribution in [1.29, 1.82) is 0 Å². The normalized spacial score (nSPS) is 22.0. The lowest BCUT2D eigenvalue weighted by molar-refractivity contribution is -0.189. The smallest absolute Gasteiger partial charge is 0.422 e. The number of nitrogens with two attached hydrogens (primary N) is 1. The van der Waals surface area contributed by atoms with Gasteiger partial charge in [-0.15, -0.1) is 0 Å². The standard InChI is InChI=1S/C19H15F6N5O3/c20-18(21,22)8-33-15-6-27-11(5-28-15)16(31)29-9-1-2-12-10(3-9)17(7-32-12)13(19(23,24)25)4-14(26)30-17/h1-3,5-6,13H,4,7-8H2,(H2,26,30)(H,29,31)/t13-,17-/m1/s1. The van der Waals surface area contributed by atoms with Crippen LogP contribution >= 0.6 is 0 Å². The lowest BCUT2D eigenvalue weighted by atomic mass is 9.80. The number of ether oxygens (including phenoxy) is 2. The predicted octanol–water partition coefficient (Wildman–Crippen LogP) is 3.20. The van der Waals surface area contributed by atoms with Gasteiger partial charge in [0.25, 0.3) is 5.91 Å². The molecule has 0 saturated heterocycles. The summed E-state index contributed by atoms with van der Waals surface area (Å²) in [5.74, 6) is -3.07. The molecule has 1 aromatic heterocycles. The monoisotopic (exact) mass is 475 g/mol. The zero-order chi connectivity index (χ0) is 24.0. The van der Waals surface area contributed by atoms with Gasteiger partial charge in [-0.1, -0.05) is 0 Å². The van der Waals surface area contributed by atoms with Crippen molar-refractivity contribution in [2.45, 2.75) is 24.3 Å². The Hall–Kier alpha value is -3.58. The van der Waals surface area contributed by atoms with Crippen LogP contribution in [0.4, 0.5) is 32.0 Å². The molecule has 0 saturated carbocycles. The highest BCUT2D eigenvalue weighted by Gasteiger charge is 2.61. The zero-order valence-electron chi connectivity index (χ0n) is 16.5. The van der Waals surface area contributed by atoms with Crippen molar-refractivity contribution in [3.05, 3.63) is 41.9 Å². The third-order valence-corrected chi connectivity index (χ3v) is 5.12. The van der Waals surface area contributed by atoms with E-state index in [-0.39, 0.29) is 35.1 Å². The molecule has 3 heterocycles.